The number of hydrogen-bond acceptors (Lipinski definition) is 2. The fourth-order valence-corrected chi connectivity index (χ4v) is 0.368. The van der Waals surface area contributed by atoms with E-state index in [1.165, 1.54) is 6.42 Å². The summed E-state index contributed by atoms with van der Waals surface area (Å²) in [6.45, 7) is 5.27. The van der Waals surface area contributed by atoms with Gasteiger partial charge in [-0.15, -0.1) is 0 Å². The first-order valence-electron chi connectivity index (χ1n) is 3.91. The molecule has 0 fully saturated rings. The van der Waals surface area contributed by atoms with Crippen LogP contribution in [0.1, 0.15) is 33.1 Å². The molecule has 2 heteroatoms. The summed E-state index contributed by atoms with van der Waals surface area (Å²) in [5.74, 6) is 0. The van der Waals surface area contributed by atoms with E-state index in [2.05, 4.69) is 12.2 Å². The van der Waals surface area contributed by atoms with Crippen molar-refractivity contribution in [2.75, 3.05) is 13.6 Å². The second kappa shape index (κ2) is 15.9. The molecular formula is C8H19NO. The van der Waals surface area contributed by atoms with Gasteiger partial charge >= 0.3 is 0 Å². The van der Waals surface area contributed by atoms with Crippen LogP contribution < -0.4 is 5.32 Å². The first kappa shape index (κ1) is 12.3. The quantitative estimate of drug-likeness (QED) is 0.609. The second-order valence-corrected chi connectivity index (χ2v) is 2.06. The number of carbonyl (C=O) groups is 1. The van der Waals surface area contributed by atoms with E-state index in [1.807, 2.05) is 14.0 Å². The minimum absolute atomic E-state index is 0.708. The molecule has 0 atom stereocenters. The summed E-state index contributed by atoms with van der Waals surface area (Å²) in [6, 6.07) is 0. The van der Waals surface area contributed by atoms with Crippen LogP contribution in [0.25, 0.3) is 0 Å². The van der Waals surface area contributed by atoms with Gasteiger partial charge in [-0.3, -0.25) is 0 Å². The smallest absolute Gasteiger partial charge is 0.119 e. The van der Waals surface area contributed by atoms with Crippen LogP contribution in [-0.4, -0.2) is 19.9 Å². The van der Waals surface area contributed by atoms with Gasteiger partial charge in [0.1, 0.15) is 6.29 Å². The molecule has 0 radical (unpaired) electrons. The average Bonchev–Trinajstić information content (AvgIpc) is 1.93. The van der Waals surface area contributed by atoms with E-state index in [0.29, 0.717) is 6.42 Å². The molecule has 0 aromatic carbocycles. The van der Waals surface area contributed by atoms with Gasteiger partial charge in [0.2, 0.25) is 0 Å². The van der Waals surface area contributed by atoms with Gasteiger partial charge in [-0.05, 0) is 26.4 Å². The summed E-state index contributed by atoms with van der Waals surface area (Å²) in [5, 5.41) is 3.02. The van der Waals surface area contributed by atoms with Crippen LogP contribution in [-0.2, 0) is 4.79 Å². The molecule has 0 spiro atoms. The summed E-state index contributed by atoms with van der Waals surface area (Å²) in [4.78, 5) is 9.40. The van der Waals surface area contributed by atoms with E-state index in [-0.39, 0.29) is 0 Å². The molecule has 0 rings (SSSR count). The zero-order valence-corrected chi connectivity index (χ0v) is 7.31. The van der Waals surface area contributed by atoms with Gasteiger partial charge in [0.15, 0.2) is 0 Å². The summed E-state index contributed by atoms with van der Waals surface area (Å²) in [5.41, 5.74) is 0. The third-order valence-electron chi connectivity index (χ3n) is 0.907. The van der Waals surface area contributed by atoms with Crippen molar-refractivity contribution in [1.82, 2.24) is 5.32 Å². The van der Waals surface area contributed by atoms with Crippen molar-refractivity contribution in [3.05, 3.63) is 0 Å². The van der Waals surface area contributed by atoms with Crippen molar-refractivity contribution >= 4 is 6.29 Å². The van der Waals surface area contributed by atoms with E-state index in [9.17, 15) is 4.79 Å². The van der Waals surface area contributed by atoms with Crippen molar-refractivity contribution < 1.29 is 4.79 Å². The molecule has 10 heavy (non-hydrogen) atoms. The highest BCUT2D eigenvalue weighted by Crippen LogP contribution is 1.74. The Labute approximate surface area is 64.0 Å². The Morgan fingerprint density at radius 1 is 1.30 bits per heavy atom. The van der Waals surface area contributed by atoms with E-state index in [1.54, 1.807) is 0 Å². The molecule has 1 N–H and O–H groups in total. The third kappa shape index (κ3) is 25.5. The SMILES string of the molecule is CCCC=O.CCCNC. The lowest BCUT2D eigenvalue weighted by molar-refractivity contribution is -0.107. The van der Waals surface area contributed by atoms with Gasteiger partial charge in [0.05, 0.1) is 0 Å². The molecule has 0 aromatic rings. The van der Waals surface area contributed by atoms with Gasteiger partial charge < -0.3 is 10.1 Å². The fraction of sp³-hybridized carbons (Fsp3) is 0.875. The molecule has 62 valence electrons. The number of hydrogen-bond donors (Lipinski definition) is 1. The molecule has 0 aliphatic carbocycles. The Bertz CT molecular complexity index is 53.2. The highest BCUT2D eigenvalue weighted by molar-refractivity contribution is 5.48. The molecule has 0 saturated carbocycles. The normalized spacial score (nSPS) is 7.90. The molecule has 0 amide bonds. The monoisotopic (exact) mass is 145 g/mol. The largest absolute Gasteiger partial charge is 0.320 e. The Morgan fingerprint density at radius 3 is 1.90 bits per heavy atom. The number of unbranched alkanes of at least 4 members (excludes halogenated alkanes) is 1. The molecule has 0 heterocycles. The number of rotatable bonds is 4. The van der Waals surface area contributed by atoms with E-state index >= 15 is 0 Å². The van der Waals surface area contributed by atoms with E-state index in [0.717, 1.165) is 19.3 Å². The van der Waals surface area contributed by atoms with Crippen molar-refractivity contribution in [3.8, 4) is 0 Å². The van der Waals surface area contributed by atoms with Crippen molar-refractivity contribution in [2.45, 2.75) is 33.1 Å². The summed E-state index contributed by atoms with van der Waals surface area (Å²) >= 11 is 0. The second-order valence-electron chi connectivity index (χ2n) is 2.06. The number of aldehydes is 1. The number of nitrogens with one attached hydrogen (secondary N) is 1. The molecule has 0 bridgehead atoms. The first-order chi connectivity index (χ1) is 4.83. The van der Waals surface area contributed by atoms with Crippen LogP contribution >= 0.6 is 0 Å². The molecule has 0 unspecified atom stereocenters. The topological polar surface area (TPSA) is 29.1 Å². The third-order valence-corrected chi connectivity index (χ3v) is 0.907. The van der Waals surface area contributed by atoms with Crippen LogP contribution in [0, 0.1) is 0 Å². The van der Waals surface area contributed by atoms with Crippen LogP contribution in [0.15, 0.2) is 0 Å². The van der Waals surface area contributed by atoms with Gasteiger partial charge in [-0.25, -0.2) is 0 Å². The summed E-state index contributed by atoms with van der Waals surface area (Å²) in [6.07, 6.45) is 3.85. The maximum absolute atomic E-state index is 9.40. The zero-order chi connectivity index (χ0) is 8.24. The lowest BCUT2D eigenvalue weighted by Crippen LogP contribution is -2.04. The highest BCUT2D eigenvalue weighted by atomic mass is 16.1. The van der Waals surface area contributed by atoms with Gasteiger partial charge in [-0.1, -0.05) is 13.8 Å². The molecule has 0 aliphatic rings. The number of carbonyl (C=O) groups excluding carboxylic acids is 1. The average molecular weight is 145 g/mol. The predicted molar refractivity (Wildman–Crippen MR) is 45.2 cm³/mol. The van der Waals surface area contributed by atoms with Crippen LogP contribution in [0.4, 0.5) is 0 Å². The zero-order valence-electron chi connectivity index (χ0n) is 7.31. The Morgan fingerprint density at radius 2 is 1.90 bits per heavy atom. The minimum atomic E-state index is 0.708. The molecule has 0 saturated heterocycles. The van der Waals surface area contributed by atoms with Crippen LogP contribution in [0.3, 0.4) is 0 Å². The molecule has 0 aromatic heterocycles. The summed E-state index contributed by atoms with van der Waals surface area (Å²) in [7, 11) is 1.96. The van der Waals surface area contributed by atoms with E-state index in [4.69, 9.17) is 0 Å². The van der Waals surface area contributed by atoms with Crippen molar-refractivity contribution in [1.29, 1.82) is 0 Å². The van der Waals surface area contributed by atoms with Gasteiger partial charge in [-0.2, -0.15) is 0 Å². The van der Waals surface area contributed by atoms with Crippen molar-refractivity contribution in [3.63, 3.8) is 0 Å². The van der Waals surface area contributed by atoms with E-state index < -0.39 is 0 Å². The molecule has 0 aliphatic heterocycles. The Balaban J connectivity index is 0. The summed E-state index contributed by atoms with van der Waals surface area (Å²) < 4.78 is 0. The van der Waals surface area contributed by atoms with Gasteiger partial charge in [0, 0.05) is 6.42 Å². The Hall–Kier alpha value is -0.370. The lowest BCUT2D eigenvalue weighted by atomic mass is 10.4. The maximum atomic E-state index is 9.40. The van der Waals surface area contributed by atoms with Crippen molar-refractivity contribution in [2.24, 2.45) is 0 Å². The molecular weight excluding hydrogens is 126 g/mol. The first-order valence-corrected chi connectivity index (χ1v) is 3.91. The van der Waals surface area contributed by atoms with Crippen LogP contribution in [0.5, 0.6) is 0 Å². The van der Waals surface area contributed by atoms with Gasteiger partial charge in [0.25, 0.3) is 0 Å². The predicted octanol–water partition coefficient (Wildman–Crippen LogP) is 1.60. The lowest BCUT2D eigenvalue weighted by Gasteiger charge is -1.84. The minimum Gasteiger partial charge on any atom is -0.320 e. The standard InChI is InChI=1S/C4H11N.C4H8O/c1-3-4-5-2;1-2-3-4-5/h5H,3-4H2,1-2H3;4H,2-3H2,1H3. The van der Waals surface area contributed by atoms with Crippen LogP contribution in [0.2, 0.25) is 0 Å². The molecule has 2 nitrogen and oxygen atoms in total. The fourth-order valence-electron chi connectivity index (χ4n) is 0.368. The maximum Gasteiger partial charge on any atom is 0.119 e. The highest BCUT2D eigenvalue weighted by Gasteiger charge is 1.66. The Kier molecular flexibility index (Phi) is 19.5.